The molecule has 1 aliphatic heterocycles. The number of alkyl halides is 1. The van der Waals surface area contributed by atoms with Gasteiger partial charge in [0, 0.05) is 13.1 Å². The van der Waals surface area contributed by atoms with Crippen LogP contribution in [0.25, 0.3) is 0 Å². The van der Waals surface area contributed by atoms with E-state index in [1.165, 1.54) is 16.9 Å². The molecule has 7 heteroatoms. The van der Waals surface area contributed by atoms with Crippen molar-refractivity contribution >= 4 is 33.7 Å². The fourth-order valence-electron chi connectivity index (χ4n) is 1.55. The molecule has 1 atom stereocenters. The number of carbonyl (C=O) groups is 3. The van der Waals surface area contributed by atoms with E-state index in [-0.39, 0.29) is 31.4 Å². The summed E-state index contributed by atoms with van der Waals surface area (Å²) in [5.74, 6) is -0.709. The standard InChI is InChI=1S/C10H15BrN2O4/c1-3-12-5-9(15)13(6-8(12)14)4-7(11)10(16)17-2/h7H,3-6H2,1-2H3. The number of likely N-dealkylation sites (N-methyl/N-ethyl adjacent to an activating group) is 1. The molecule has 1 saturated heterocycles. The number of hydrogen-bond acceptors (Lipinski definition) is 4. The van der Waals surface area contributed by atoms with Crippen molar-refractivity contribution in [3.05, 3.63) is 0 Å². The highest BCUT2D eigenvalue weighted by atomic mass is 79.9. The number of methoxy groups -OCH3 is 1. The number of piperazine rings is 1. The van der Waals surface area contributed by atoms with Gasteiger partial charge in [-0.2, -0.15) is 0 Å². The van der Waals surface area contributed by atoms with Gasteiger partial charge in [-0.1, -0.05) is 15.9 Å². The van der Waals surface area contributed by atoms with E-state index in [2.05, 4.69) is 20.7 Å². The van der Waals surface area contributed by atoms with Crippen LogP contribution in [0, 0.1) is 0 Å². The Morgan fingerprint density at radius 2 is 1.88 bits per heavy atom. The Kier molecular flexibility index (Phi) is 4.92. The van der Waals surface area contributed by atoms with Crippen LogP contribution in [-0.2, 0) is 19.1 Å². The van der Waals surface area contributed by atoms with Gasteiger partial charge in [-0.15, -0.1) is 0 Å². The summed E-state index contributed by atoms with van der Waals surface area (Å²) in [6.07, 6.45) is 0. The number of rotatable bonds is 4. The quantitative estimate of drug-likeness (QED) is 0.524. The minimum Gasteiger partial charge on any atom is -0.468 e. The minimum atomic E-state index is -0.600. The second-order valence-electron chi connectivity index (χ2n) is 3.67. The molecule has 0 aromatic rings. The first-order valence-electron chi connectivity index (χ1n) is 5.27. The average Bonchev–Trinajstić information content (AvgIpc) is 2.32. The fraction of sp³-hybridized carbons (Fsp3) is 0.700. The van der Waals surface area contributed by atoms with E-state index >= 15 is 0 Å². The molecule has 0 saturated carbocycles. The molecule has 0 aromatic heterocycles. The van der Waals surface area contributed by atoms with E-state index in [0.29, 0.717) is 6.54 Å². The molecule has 1 aliphatic rings. The summed E-state index contributed by atoms with van der Waals surface area (Å²) >= 11 is 3.13. The molecule has 17 heavy (non-hydrogen) atoms. The number of amides is 2. The highest BCUT2D eigenvalue weighted by Gasteiger charge is 2.31. The number of esters is 1. The van der Waals surface area contributed by atoms with Gasteiger partial charge in [0.15, 0.2) is 0 Å². The second-order valence-corrected chi connectivity index (χ2v) is 4.78. The van der Waals surface area contributed by atoms with Crippen molar-refractivity contribution in [1.29, 1.82) is 0 Å². The molecule has 1 heterocycles. The van der Waals surface area contributed by atoms with Crippen molar-refractivity contribution in [2.24, 2.45) is 0 Å². The van der Waals surface area contributed by atoms with Gasteiger partial charge in [-0.3, -0.25) is 14.4 Å². The Morgan fingerprint density at radius 3 is 2.41 bits per heavy atom. The zero-order valence-electron chi connectivity index (χ0n) is 9.81. The molecule has 0 aromatic carbocycles. The van der Waals surface area contributed by atoms with Crippen molar-refractivity contribution in [2.75, 3.05) is 33.3 Å². The minimum absolute atomic E-state index is 0.0196. The topological polar surface area (TPSA) is 66.9 Å². The van der Waals surface area contributed by atoms with E-state index in [1.54, 1.807) is 0 Å². The second kappa shape index (κ2) is 6.00. The lowest BCUT2D eigenvalue weighted by Crippen LogP contribution is -2.55. The Morgan fingerprint density at radius 1 is 1.35 bits per heavy atom. The molecule has 0 spiro atoms. The molecule has 2 amide bonds. The normalized spacial score (nSPS) is 18.3. The molecule has 1 rings (SSSR count). The Balaban J connectivity index is 2.58. The zero-order valence-corrected chi connectivity index (χ0v) is 11.4. The summed E-state index contributed by atoms with van der Waals surface area (Å²) in [4.78, 5) is 36.8. The third kappa shape index (κ3) is 3.42. The molecule has 0 aliphatic carbocycles. The highest BCUT2D eigenvalue weighted by molar-refractivity contribution is 9.10. The third-order valence-electron chi connectivity index (χ3n) is 2.58. The average molecular weight is 307 g/mol. The Labute approximate surface area is 108 Å². The molecule has 0 N–H and O–H groups in total. The number of halogens is 1. The van der Waals surface area contributed by atoms with Crippen molar-refractivity contribution in [2.45, 2.75) is 11.8 Å². The van der Waals surface area contributed by atoms with Gasteiger partial charge in [0.25, 0.3) is 0 Å². The van der Waals surface area contributed by atoms with Gasteiger partial charge in [-0.25, -0.2) is 0 Å². The van der Waals surface area contributed by atoms with E-state index < -0.39 is 10.8 Å². The van der Waals surface area contributed by atoms with E-state index in [4.69, 9.17) is 0 Å². The van der Waals surface area contributed by atoms with Gasteiger partial charge < -0.3 is 14.5 Å². The molecule has 0 bridgehead atoms. The summed E-state index contributed by atoms with van der Waals surface area (Å²) in [6, 6.07) is 0. The maximum atomic E-state index is 11.7. The molecule has 1 fully saturated rings. The molecular weight excluding hydrogens is 292 g/mol. The van der Waals surface area contributed by atoms with Crippen LogP contribution in [0.15, 0.2) is 0 Å². The van der Waals surface area contributed by atoms with Gasteiger partial charge in [0.05, 0.1) is 20.2 Å². The summed E-state index contributed by atoms with van der Waals surface area (Å²) < 4.78 is 4.54. The number of hydrogen-bond donors (Lipinski definition) is 0. The lowest BCUT2D eigenvalue weighted by atomic mass is 10.2. The Bertz CT molecular complexity index is 334. The first-order chi connectivity index (χ1) is 7.99. The SMILES string of the molecule is CCN1CC(=O)N(CC(Br)C(=O)OC)CC1=O. The molecule has 0 radical (unpaired) electrons. The molecular formula is C10H15BrN2O4. The summed E-state index contributed by atoms with van der Waals surface area (Å²) in [5, 5.41) is 0. The van der Waals surface area contributed by atoms with Crippen LogP contribution >= 0.6 is 15.9 Å². The predicted molar refractivity (Wildman–Crippen MR) is 63.6 cm³/mol. The molecule has 1 unspecified atom stereocenters. The van der Waals surface area contributed by atoms with E-state index in [1.807, 2.05) is 6.92 Å². The summed E-state index contributed by atoms with van der Waals surface area (Å²) in [6.45, 7) is 2.59. The maximum absolute atomic E-state index is 11.7. The molecule has 6 nitrogen and oxygen atoms in total. The van der Waals surface area contributed by atoms with E-state index in [9.17, 15) is 14.4 Å². The van der Waals surface area contributed by atoms with Crippen LogP contribution in [0.4, 0.5) is 0 Å². The van der Waals surface area contributed by atoms with Gasteiger partial charge >= 0.3 is 5.97 Å². The third-order valence-corrected chi connectivity index (χ3v) is 3.24. The van der Waals surface area contributed by atoms with Gasteiger partial charge in [0.2, 0.25) is 11.8 Å². The van der Waals surface area contributed by atoms with Crippen LogP contribution in [0.1, 0.15) is 6.92 Å². The highest BCUT2D eigenvalue weighted by Crippen LogP contribution is 2.10. The van der Waals surface area contributed by atoms with Crippen LogP contribution in [0.3, 0.4) is 0 Å². The lowest BCUT2D eigenvalue weighted by molar-refractivity contribution is -0.151. The van der Waals surface area contributed by atoms with Crippen molar-refractivity contribution in [1.82, 2.24) is 9.80 Å². The van der Waals surface area contributed by atoms with E-state index in [0.717, 1.165) is 0 Å². The van der Waals surface area contributed by atoms with Crippen LogP contribution in [-0.4, -0.2) is 65.7 Å². The van der Waals surface area contributed by atoms with Crippen molar-refractivity contribution in [3.8, 4) is 0 Å². The summed E-state index contributed by atoms with van der Waals surface area (Å²) in [5.41, 5.74) is 0. The largest absolute Gasteiger partial charge is 0.468 e. The van der Waals surface area contributed by atoms with Crippen LogP contribution < -0.4 is 0 Å². The Hall–Kier alpha value is -1.11. The monoisotopic (exact) mass is 306 g/mol. The fourth-order valence-corrected chi connectivity index (χ4v) is 2.09. The van der Waals surface area contributed by atoms with Crippen LogP contribution in [0.2, 0.25) is 0 Å². The van der Waals surface area contributed by atoms with Gasteiger partial charge in [0.1, 0.15) is 4.83 Å². The zero-order chi connectivity index (χ0) is 13.0. The predicted octanol–water partition coefficient (Wildman–Crippen LogP) is -0.386. The number of carbonyl (C=O) groups excluding carboxylic acids is 3. The summed E-state index contributed by atoms with van der Waals surface area (Å²) in [7, 11) is 1.28. The first-order valence-corrected chi connectivity index (χ1v) is 6.18. The first kappa shape index (κ1) is 14.0. The molecule has 96 valence electrons. The van der Waals surface area contributed by atoms with Crippen molar-refractivity contribution in [3.63, 3.8) is 0 Å². The lowest BCUT2D eigenvalue weighted by Gasteiger charge is -2.33. The number of ether oxygens (including phenoxy) is 1. The van der Waals surface area contributed by atoms with Crippen LogP contribution in [0.5, 0.6) is 0 Å². The van der Waals surface area contributed by atoms with Gasteiger partial charge in [-0.05, 0) is 6.92 Å². The number of nitrogens with zero attached hydrogens (tertiary/aromatic N) is 2. The smallest absolute Gasteiger partial charge is 0.321 e. The maximum Gasteiger partial charge on any atom is 0.321 e. The van der Waals surface area contributed by atoms with Crippen molar-refractivity contribution < 1.29 is 19.1 Å².